The fourth-order valence-corrected chi connectivity index (χ4v) is 8.71. The van der Waals surface area contributed by atoms with E-state index in [0.717, 1.165) is 44.2 Å². The van der Waals surface area contributed by atoms with Gasteiger partial charge < -0.3 is 0 Å². The third-order valence-electron chi connectivity index (χ3n) is 11.0. The van der Waals surface area contributed by atoms with Gasteiger partial charge in [0.15, 0.2) is 0 Å². The first-order valence-electron chi connectivity index (χ1n) is 17.8. The predicted molar refractivity (Wildman–Crippen MR) is 192 cm³/mol. The average molecular weight is 609 g/mol. The first kappa shape index (κ1) is 29.8. The second-order valence-corrected chi connectivity index (χ2v) is 14.2. The lowest BCUT2D eigenvalue weighted by Crippen LogP contribution is -2.65. The maximum atomic E-state index is 4.84. The topological polar surface area (TPSA) is 48.5 Å². The van der Waals surface area contributed by atoms with Crippen molar-refractivity contribution in [3.05, 3.63) is 130 Å². The van der Waals surface area contributed by atoms with Crippen molar-refractivity contribution in [1.29, 1.82) is 0 Å². The molecule has 0 bridgehead atoms. The van der Waals surface area contributed by atoms with Crippen LogP contribution in [0.4, 0.5) is 0 Å². The Morgan fingerprint density at radius 1 is 0.848 bits per heavy atom. The standard InChI is InChI=1S/C42H48N4/c1-27-23-35(24-28(2)43-27)38-22-20-34(26-39(38)33-19-21-37-32(25-33)18-17-29-11-9-10-16-36(29)37)42-45-40(30-12-5-3-6-13-30)44-41(46-42)31-14-7-4-8-15-31/h3,5,7,9-12,14,16,19-20,22-23,25-26,28,31,37,40-42,44-46H,4,6,8,13,15,17-18,21,24H2,1-2H3/t28-,31?,37?,40?,41?,42?/m1/s1. The molecular weight excluding hydrogens is 560 g/mol. The Labute approximate surface area is 275 Å². The molecule has 4 nitrogen and oxygen atoms in total. The van der Waals surface area contributed by atoms with E-state index in [1.165, 1.54) is 63.8 Å². The molecule has 0 amide bonds. The maximum Gasteiger partial charge on any atom is 0.0862 e. The van der Waals surface area contributed by atoms with Gasteiger partial charge in [0.05, 0.1) is 24.5 Å². The molecule has 4 heteroatoms. The van der Waals surface area contributed by atoms with Gasteiger partial charge in [0.25, 0.3) is 0 Å². The van der Waals surface area contributed by atoms with Crippen LogP contribution in [0.2, 0.25) is 0 Å². The lowest BCUT2D eigenvalue weighted by molar-refractivity contribution is 0.177. The number of dihydropyridines is 1. The Bertz CT molecular complexity index is 1710. The monoisotopic (exact) mass is 608 g/mol. The fourth-order valence-electron chi connectivity index (χ4n) is 8.71. The summed E-state index contributed by atoms with van der Waals surface area (Å²) >= 11 is 0. The Hall–Kier alpha value is -3.57. The SMILES string of the molecule is CC1=N[C@H](C)CC(c2ccc(C3NC(C4=CC=CCC4)NC(C4C=CCCC4)N3)cc2C2=CCC3C(=C2)CCc2ccccc23)=C1. The van der Waals surface area contributed by atoms with Gasteiger partial charge in [-0.25, -0.2) is 0 Å². The van der Waals surface area contributed by atoms with Crippen molar-refractivity contribution in [3.8, 4) is 0 Å². The van der Waals surface area contributed by atoms with Crippen LogP contribution >= 0.6 is 0 Å². The van der Waals surface area contributed by atoms with Gasteiger partial charge in [-0.1, -0.05) is 84.5 Å². The highest BCUT2D eigenvalue weighted by molar-refractivity contribution is 6.02. The van der Waals surface area contributed by atoms with Crippen molar-refractivity contribution in [2.75, 3.05) is 0 Å². The summed E-state index contributed by atoms with van der Waals surface area (Å²) in [4.78, 5) is 4.84. The van der Waals surface area contributed by atoms with Gasteiger partial charge in [0.1, 0.15) is 0 Å². The van der Waals surface area contributed by atoms with Crippen molar-refractivity contribution < 1.29 is 0 Å². The van der Waals surface area contributed by atoms with Gasteiger partial charge in [0.2, 0.25) is 0 Å². The molecule has 0 spiro atoms. The quantitative estimate of drug-likeness (QED) is 0.297. The van der Waals surface area contributed by atoms with Crippen LogP contribution in [-0.2, 0) is 6.42 Å². The number of hydrogen-bond donors (Lipinski definition) is 3. The average Bonchev–Trinajstić information content (AvgIpc) is 3.11. The molecule has 46 heavy (non-hydrogen) atoms. The summed E-state index contributed by atoms with van der Waals surface area (Å²) in [5.74, 6) is 1.01. The van der Waals surface area contributed by atoms with Gasteiger partial charge in [-0.05, 0) is 128 Å². The number of nitrogens with one attached hydrogen (secondary N) is 3. The number of hydrogen-bond acceptors (Lipinski definition) is 4. The normalized spacial score (nSPS) is 30.7. The van der Waals surface area contributed by atoms with Gasteiger partial charge in [0, 0.05) is 17.5 Å². The van der Waals surface area contributed by atoms with Crippen LogP contribution in [0.15, 0.2) is 107 Å². The highest BCUT2D eigenvalue weighted by atomic mass is 15.4. The molecule has 3 N–H and O–H groups in total. The molecule has 4 aliphatic carbocycles. The predicted octanol–water partition coefficient (Wildman–Crippen LogP) is 8.83. The maximum absolute atomic E-state index is 4.84. The highest BCUT2D eigenvalue weighted by Gasteiger charge is 2.34. The Morgan fingerprint density at radius 2 is 1.76 bits per heavy atom. The second-order valence-electron chi connectivity index (χ2n) is 14.2. The van der Waals surface area contributed by atoms with E-state index in [4.69, 9.17) is 4.99 Å². The van der Waals surface area contributed by atoms with Crippen LogP contribution in [0.25, 0.3) is 11.1 Å². The molecular formula is C42H48N4. The van der Waals surface area contributed by atoms with Crippen LogP contribution in [0.5, 0.6) is 0 Å². The molecule has 2 aromatic carbocycles. The minimum atomic E-state index is 0.0555. The van der Waals surface area contributed by atoms with Crippen molar-refractivity contribution in [3.63, 3.8) is 0 Å². The number of nitrogens with zero attached hydrogens (tertiary/aromatic N) is 1. The van der Waals surface area contributed by atoms with Crippen molar-refractivity contribution >= 4 is 16.9 Å². The Balaban J connectivity index is 1.18. The van der Waals surface area contributed by atoms with Gasteiger partial charge in [-0.2, -0.15) is 0 Å². The Morgan fingerprint density at radius 3 is 2.61 bits per heavy atom. The highest BCUT2D eigenvalue weighted by Crippen LogP contribution is 2.44. The van der Waals surface area contributed by atoms with E-state index in [0.29, 0.717) is 17.9 Å². The minimum Gasteiger partial charge on any atom is -0.287 e. The van der Waals surface area contributed by atoms with E-state index in [-0.39, 0.29) is 18.5 Å². The van der Waals surface area contributed by atoms with Crippen molar-refractivity contribution in [2.45, 2.75) is 102 Å². The number of benzene rings is 2. The molecule has 2 heterocycles. The number of rotatable bonds is 5. The third kappa shape index (κ3) is 5.99. The van der Waals surface area contributed by atoms with Crippen LogP contribution in [-0.4, -0.2) is 24.1 Å². The van der Waals surface area contributed by atoms with Crippen LogP contribution in [0.3, 0.4) is 0 Å². The lowest BCUT2D eigenvalue weighted by Gasteiger charge is -2.43. The van der Waals surface area contributed by atoms with E-state index >= 15 is 0 Å². The molecule has 5 unspecified atom stereocenters. The summed E-state index contributed by atoms with van der Waals surface area (Å²) in [6.45, 7) is 4.39. The van der Waals surface area contributed by atoms with Gasteiger partial charge >= 0.3 is 0 Å². The van der Waals surface area contributed by atoms with E-state index in [9.17, 15) is 0 Å². The molecule has 1 fully saturated rings. The van der Waals surface area contributed by atoms with E-state index < -0.39 is 0 Å². The summed E-state index contributed by atoms with van der Waals surface area (Å²) < 4.78 is 0. The number of fused-ring (bicyclic) bond motifs is 3. The first-order chi connectivity index (χ1) is 22.6. The van der Waals surface area contributed by atoms with E-state index in [2.05, 4.69) is 121 Å². The lowest BCUT2D eigenvalue weighted by atomic mass is 9.73. The largest absolute Gasteiger partial charge is 0.287 e. The first-order valence-corrected chi connectivity index (χ1v) is 17.8. The van der Waals surface area contributed by atoms with Gasteiger partial charge in [-0.15, -0.1) is 0 Å². The molecule has 1 saturated heterocycles. The molecule has 0 aromatic heterocycles. The van der Waals surface area contributed by atoms with Crippen molar-refractivity contribution in [2.24, 2.45) is 10.9 Å². The molecule has 8 rings (SSSR count). The molecule has 6 atom stereocenters. The minimum absolute atomic E-state index is 0.0555. The number of aliphatic imine (C=N–C) groups is 1. The van der Waals surface area contributed by atoms with Crippen LogP contribution in [0, 0.1) is 5.92 Å². The van der Waals surface area contributed by atoms with E-state index in [1.807, 2.05) is 0 Å². The summed E-state index contributed by atoms with van der Waals surface area (Å²) in [6.07, 6.45) is 29.7. The number of aryl methyl sites for hydroxylation is 1. The zero-order chi connectivity index (χ0) is 31.0. The van der Waals surface area contributed by atoms with E-state index in [1.54, 1.807) is 5.57 Å². The smallest absolute Gasteiger partial charge is 0.0862 e. The molecule has 2 aromatic rings. The second kappa shape index (κ2) is 12.9. The van der Waals surface area contributed by atoms with Crippen LogP contribution in [0.1, 0.15) is 105 Å². The summed E-state index contributed by atoms with van der Waals surface area (Å²) in [7, 11) is 0. The zero-order valence-electron chi connectivity index (χ0n) is 27.4. The summed E-state index contributed by atoms with van der Waals surface area (Å²) in [5, 5.41) is 12.0. The van der Waals surface area contributed by atoms with Crippen molar-refractivity contribution in [1.82, 2.24) is 16.0 Å². The third-order valence-corrected chi connectivity index (χ3v) is 11.0. The molecule has 0 radical (unpaired) electrons. The molecule has 0 saturated carbocycles. The zero-order valence-corrected chi connectivity index (χ0v) is 27.4. The number of allylic oxidation sites excluding steroid dienone is 9. The van der Waals surface area contributed by atoms with Crippen LogP contribution < -0.4 is 16.0 Å². The summed E-state index contributed by atoms with van der Waals surface area (Å²) in [6, 6.07) is 16.7. The fraction of sp³-hybridized carbons (Fsp3) is 0.405. The molecule has 6 aliphatic rings. The van der Waals surface area contributed by atoms with Gasteiger partial charge in [-0.3, -0.25) is 20.9 Å². The summed E-state index contributed by atoms with van der Waals surface area (Å²) in [5.41, 5.74) is 14.1. The molecule has 236 valence electrons. The Kier molecular flexibility index (Phi) is 8.36. The molecule has 2 aliphatic heterocycles.